The molecule has 4 amide bonds. The molecule has 128 valence electrons. The van der Waals surface area contributed by atoms with E-state index < -0.39 is 11.6 Å². The molecule has 0 bridgehead atoms. The van der Waals surface area contributed by atoms with Crippen molar-refractivity contribution < 1.29 is 14.4 Å². The van der Waals surface area contributed by atoms with E-state index in [0.717, 1.165) is 23.3 Å². The van der Waals surface area contributed by atoms with Gasteiger partial charge in [0.15, 0.2) is 0 Å². The van der Waals surface area contributed by atoms with E-state index in [1.807, 2.05) is 6.07 Å². The first-order valence-electron chi connectivity index (χ1n) is 8.30. The number of hydrogen-bond donors (Lipinski definition) is 2. The zero-order chi connectivity index (χ0) is 17.2. The Morgan fingerprint density at radius 2 is 2.17 bits per heavy atom. The molecule has 1 aliphatic carbocycles. The van der Waals surface area contributed by atoms with Gasteiger partial charge in [0, 0.05) is 18.9 Å². The third kappa shape index (κ3) is 3.25. The van der Waals surface area contributed by atoms with Gasteiger partial charge in [-0.15, -0.1) is 0 Å². The number of imide groups is 1. The molecule has 0 atom stereocenters. The molecule has 2 N–H and O–H groups in total. The Morgan fingerprint density at radius 3 is 2.83 bits per heavy atom. The van der Waals surface area contributed by atoms with Crippen LogP contribution in [0.15, 0.2) is 24.5 Å². The molecule has 3 rings (SSSR count). The van der Waals surface area contributed by atoms with Gasteiger partial charge >= 0.3 is 6.03 Å². The van der Waals surface area contributed by atoms with Gasteiger partial charge in [0.05, 0.1) is 0 Å². The van der Waals surface area contributed by atoms with Gasteiger partial charge in [-0.3, -0.25) is 19.5 Å². The highest BCUT2D eigenvalue weighted by Crippen LogP contribution is 2.36. The molecule has 2 fully saturated rings. The lowest BCUT2D eigenvalue weighted by Crippen LogP contribution is -2.49. The van der Waals surface area contributed by atoms with Gasteiger partial charge in [-0.05, 0) is 43.2 Å². The molecule has 0 aromatic carbocycles. The van der Waals surface area contributed by atoms with Crippen molar-refractivity contribution in [2.45, 2.75) is 44.7 Å². The average molecular weight is 330 g/mol. The lowest BCUT2D eigenvalue weighted by molar-refractivity contribution is -0.136. The van der Waals surface area contributed by atoms with Crippen LogP contribution in [0, 0.1) is 5.92 Å². The van der Waals surface area contributed by atoms with Gasteiger partial charge in [0.1, 0.15) is 12.1 Å². The summed E-state index contributed by atoms with van der Waals surface area (Å²) in [6.45, 7) is 2.22. The molecule has 1 aromatic rings. The summed E-state index contributed by atoms with van der Waals surface area (Å²) in [5, 5.41) is 5.53. The molecular formula is C17H22N4O3. The van der Waals surface area contributed by atoms with E-state index in [-0.39, 0.29) is 18.4 Å². The second-order valence-corrected chi connectivity index (χ2v) is 6.72. The second kappa shape index (κ2) is 6.59. The largest absolute Gasteiger partial charge is 0.350 e. The summed E-state index contributed by atoms with van der Waals surface area (Å²) in [4.78, 5) is 41.9. The van der Waals surface area contributed by atoms with E-state index in [0.29, 0.717) is 25.3 Å². The fourth-order valence-electron chi connectivity index (χ4n) is 3.32. The summed E-state index contributed by atoms with van der Waals surface area (Å²) in [7, 11) is 0. The Kier molecular flexibility index (Phi) is 4.51. The predicted molar refractivity (Wildman–Crippen MR) is 86.7 cm³/mol. The van der Waals surface area contributed by atoms with E-state index in [1.54, 1.807) is 18.5 Å². The molecule has 7 heteroatoms. The SMILES string of the molecule is CC1CCC2(CC1)NC(=O)N(CC(=O)NCc1cccnc1)C2=O. The molecule has 1 aromatic heterocycles. The summed E-state index contributed by atoms with van der Waals surface area (Å²) in [5.74, 6) is -0.0586. The minimum Gasteiger partial charge on any atom is -0.350 e. The number of hydrogen-bond acceptors (Lipinski definition) is 4. The van der Waals surface area contributed by atoms with Crippen LogP contribution in [0.1, 0.15) is 38.2 Å². The van der Waals surface area contributed by atoms with Gasteiger partial charge < -0.3 is 10.6 Å². The number of aromatic nitrogens is 1. The lowest BCUT2D eigenvalue weighted by Gasteiger charge is -2.33. The van der Waals surface area contributed by atoms with Crippen LogP contribution in [0.4, 0.5) is 4.79 Å². The highest BCUT2D eigenvalue weighted by molar-refractivity contribution is 6.09. The first-order chi connectivity index (χ1) is 11.5. The third-order valence-electron chi connectivity index (χ3n) is 4.89. The number of carbonyl (C=O) groups excluding carboxylic acids is 3. The van der Waals surface area contributed by atoms with Crippen LogP contribution in [0.3, 0.4) is 0 Å². The van der Waals surface area contributed by atoms with Gasteiger partial charge in [0.25, 0.3) is 5.91 Å². The van der Waals surface area contributed by atoms with E-state index in [4.69, 9.17) is 0 Å². The number of nitrogens with zero attached hydrogens (tertiary/aromatic N) is 2. The van der Waals surface area contributed by atoms with E-state index in [9.17, 15) is 14.4 Å². The molecule has 1 saturated carbocycles. The van der Waals surface area contributed by atoms with Crippen LogP contribution in [0.25, 0.3) is 0 Å². The maximum atomic E-state index is 12.7. The van der Waals surface area contributed by atoms with Crippen LogP contribution in [0.2, 0.25) is 0 Å². The Balaban J connectivity index is 1.57. The number of pyridine rings is 1. The molecular weight excluding hydrogens is 308 g/mol. The Bertz CT molecular complexity index is 638. The van der Waals surface area contributed by atoms with Crippen LogP contribution in [-0.4, -0.2) is 39.8 Å². The van der Waals surface area contributed by atoms with Gasteiger partial charge in [-0.2, -0.15) is 0 Å². The van der Waals surface area contributed by atoms with E-state index >= 15 is 0 Å². The summed E-state index contributed by atoms with van der Waals surface area (Å²) in [6, 6.07) is 3.16. The number of carbonyl (C=O) groups is 3. The number of nitrogens with one attached hydrogen (secondary N) is 2. The molecule has 2 aliphatic rings. The molecule has 1 aliphatic heterocycles. The summed E-state index contributed by atoms with van der Waals surface area (Å²) >= 11 is 0. The van der Waals surface area contributed by atoms with Gasteiger partial charge in [-0.25, -0.2) is 4.79 Å². The lowest BCUT2D eigenvalue weighted by atomic mass is 9.77. The fraction of sp³-hybridized carbons (Fsp3) is 0.529. The van der Waals surface area contributed by atoms with E-state index in [2.05, 4.69) is 22.5 Å². The minimum absolute atomic E-state index is 0.248. The molecule has 24 heavy (non-hydrogen) atoms. The summed E-state index contributed by atoms with van der Waals surface area (Å²) < 4.78 is 0. The highest BCUT2D eigenvalue weighted by Gasteiger charge is 2.52. The molecule has 2 heterocycles. The molecule has 7 nitrogen and oxygen atoms in total. The van der Waals surface area contributed by atoms with Crippen molar-refractivity contribution in [3.05, 3.63) is 30.1 Å². The minimum atomic E-state index is -0.798. The fourth-order valence-corrected chi connectivity index (χ4v) is 3.32. The van der Waals surface area contributed by atoms with Crippen LogP contribution < -0.4 is 10.6 Å². The highest BCUT2D eigenvalue weighted by atomic mass is 16.2. The summed E-state index contributed by atoms with van der Waals surface area (Å²) in [6.07, 6.45) is 6.43. The van der Waals surface area contributed by atoms with Crippen molar-refractivity contribution >= 4 is 17.8 Å². The molecule has 1 saturated heterocycles. The summed E-state index contributed by atoms with van der Waals surface area (Å²) in [5.41, 5.74) is 0.0635. The average Bonchev–Trinajstić information content (AvgIpc) is 2.81. The van der Waals surface area contributed by atoms with Crippen LogP contribution in [-0.2, 0) is 16.1 Å². The molecule has 0 radical (unpaired) electrons. The smallest absolute Gasteiger partial charge is 0.325 e. The zero-order valence-corrected chi connectivity index (χ0v) is 13.7. The second-order valence-electron chi connectivity index (χ2n) is 6.72. The first-order valence-corrected chi connectivity index (χ1v) is 8.30. The number of amides is 4. The molecule has 0 unspecified atom stereocenters. The maximum absolute atomic E-state index is 12.7. The quantitative estimate of drug-likeness (QED) is 0.812. The van der Waals surface area contributed by atoms with Crippen molar-refractivity contribution in [3.8, 4) is 0 Å². The van der Waals surface area contributed by atoms with Gasteiger partial charge in [0.2, 0.25) is 5.91 Å². The standard InChI is InChI=1S/C17H22N4O3/c1-12-4-6-17(7-5-12)15(23)21(16(24)20-17)11-14(22)19-10-13-3-2-8-18-9-13/h2-3,8-9,12H,4-7,10-11H2,1H3,(H,19,22)(H,20,24). The van der Waals surface area contributed by atoms with Crippen molar-refractivity contribution in [2.24, 2.45) is 5.92 Å². The van der Waals surface area contributed by atoms with Crippen molar-refractivity contribution in [1.82, 2.24) is 20.5 Å². The molecule has 1 spiro atoms. The van der Waals surface area contributed by atoms with Crippen LogP contribution >= 0.6 is 0 Å². The normalized spacial score (nSPS) is 26.5. The van der Waals surface area contributed by atoms with E-state index in [1.165, 1.54) is 0 Å². The van der Waals surface area contributed by atoms with Crippen molar-refractivity contribution in [3.63, 3.8) is 0 Å². The Labute approximate surface area is 140 Å². The van der Waals surface area contributed by atoms with Gasteiger partial charge in [-0.1, -0.05) is 13.0 Å². The first kappa shape index (κ1) is 16.4. The van der Waals surface area contributed by atoms with Crippen molar-refractivity contribution in [2.75, 3.05) is 6.54 Å². The number of urea groups is 1. The van der Waals surface area contributed by atoms with Crippen LogP contribution in [0.5, 0.6) is 0 Å². The number of rotatable bonds is 4. The maximum Gasteiger partial charge on any atom is 0.325 e. The Morgan fingerprint density at radius 1 is 1.42 bits per heavy atom. The third-order valence-corrected chi connectivity index (χ3v) is 4.89. The zero-order valence-electron chi connectivity index (χ0n) is 13.7. The topological polar surface area (TPSA) is 91.4 Å². The predicted octanol–water partition coefficient (Wildman–Crippen LogP) is 1.20. The Hall–Kier alpha value is -2.44. The van der Waals surface area contributed by atoms with Crippen molar-refractivity contribution in [1.29, 1.82) is 0 Å². The monoisotopic (exact) mass is 330 g/mol.